The number of anilines is 1. The number of piperazine rings is 1. The van der Waals surface area contributed by atoms with Gasteiger partial charge in [-0.25, -0.2) is 0 Å². The Morgan fingerprint density at radius 1 is 1.15 bits per heavy atom. The van der Waals surface area contributed by atoms with Gasteiger partial charge < -0.3 is 10.0 Å². The van der Waals surface area contributed by atoms with E-state index in [9.17, 15) is 20.0 Å². The standard InChI is InChI=1S/C24H33N5O3S2/c1-4-5-6-7-8-29-23(32)20(34-24(29)33)15-18-17(2)19(16-25)22(31)26(3)21(18)28-11-9-27(10-12-28)13-14-30/h15,30H,4-14H2,1-3H3. The first kappa shape index (κ1) is 26.4. The Kier molecular flexibility index (Phi) is 9.31. The summed E-state index contributed by atoms with van der Waals surface area (Å²) in [6, 6.07) is 2.05. The minimum Gasteiger partial charge on any atom is -0.395 e. The van der Waals surface area contributed by atoms with E-state index in [4.69, 9.17) is 12.2 Å². The van der Waals surface area contributed by atoms with E-state index in [2.05, 4.69) is 16.7 Å². The molecule has 2 saturated heterocycles. The highest BCUT2D eigenvalue weighted by Crippen LogP contribution is 2.36. The number of amides is 1. The van der Waals surface area contributed by atoms with Gasteiger partial charge in [0, 0.05) is 51.9 Å². The van der Waals surface area contributed by atoms with Gasteiger partial charge in [0.25, 0.3) is 11.5 Å². The van der Waals surface area contributed by atoms with E-state index in [0.717, 1.165) is 38.8 Å². The smallest absolute Gasteiger partial charge is 0.270 e. The number of nitriles is 1. The molecule has 0 atom stereocenters. The van der Waals surface area contributed by atoms with Gasteiger partial charge in [-0.15, -0.1) is 0 Å². The van der Waals surface area contributed by atoms with Crippen molar-refractivity contribution in [2.24, 2.45) is 7.05 Å². The van der Waals surface area contributed by atoms with Crippen molar-refractivity contribution in [2.75, 3.05) is 50.8 Å². The molecule has 34 heavy (non-hydrogen) atoms. The van der Waals surface area contributed by atoms with Crippen LogP contribution in [0.4, 0.5) is 5.82 Å². The predicted molar refractivity (Wildman–Crippen MR) is 141 cm³/mol. The second-order valence-corrected chi connectivity index (χ2v) is 10.3. The summed E-state index contributed by atoms with van der Waals surface area (Å²) in [5.41, 5.74) is 1.03. The Morgan fingerprint density at radius 3 is 2.47 bits per heavy atom. The van der Waals surface area contributed by atoms with Gasteiger partial charge in [0.1, 0.15) is 21.8 Å². The van der Waals surface area contributed by atoms with E-state index >= 15 is 0 Å². The molecule has 1 N–H and O–H groups in total. The molecule has 1 aromatic heterocycles. The molecule has 184 valence electrons. The maximum atomic E-state index is 13.2. The van der Waals surface area contributed by atoms with Crippen LogP contribution in [0.5, 0.6) is 0 Å². The lowest BCUT2D eigenvalue weighted by Crippen LogP contribution is -2.49. The van der Waals surface area contributed by atoms with Crippen molar-refractivity contribution in [3.8, 4) is 6.07 Å². The Hall–Kier alpha value is -2.19. The van der Waals surface area contributed by atoms with E-state index in [-0.39, 0.29) is 23.6 Å². The second-order valence-electron chi connectivity index (χ2n) is 8.66. The SMILES string of the molecule is CCCCCCN1C(=O)C(=Cc2c(C)c(C#N)c(=O)n(C)c2N2CCN(CCO)CC2)SC1=S. The first-order valence-corrected chi connectivity index (χ1v) is 13.0. The molecule has 1 aromatic rings. The summed E-state index contributed by atoms with van der Waals surface area (Å²) < 4.78 is 2.07. The monoisotopic (exact) mass is 503 g/mol. The maximum Gasteiger partial charge on any atom is 0.270 e. The molecule has 0 aliphatic carbocycles. The van der Waals surface area contributed by atoms with E-state index in [0.29, 0.717) is 52.3 Å². The number of carbonyl (C=O) groups is 1. The molecule has 0 aromatic carbocycles. The molecule has 0 saturated carbocycles. The van der Waals surface area contributed by atoms with Crippen molar-refractivity contribution in [3.63, 3.8) is 0 Å². The Bertz CT molecular complexity index is 1070. The summed E-state index contributed by atoms with van der Waals surface area (Å²) in [4.78, 5) is 32.6. The van der Waals surface area contributed by atoms with Gasteiger partial charge in [0.15, 0.2) is 0 Å². The first-order chi connectivity index (χ1) is 16.3. The number of hydrogen-bond donors (Lipinski definition) is 1. The number of thioether (sulfide) groups is 1. The van der Waals surface area contributed by atoms with Crippen LogP contribution in [-0.2, 0) is 11.8 Å². The molecule has 8 nitrogen and oxygen atoms in total. The van der Waals surface area contributed by atoms with Crippen LogP contribution in [0.15, 0.2) is 9.70 Å². The van der Waals surface area contributed by atoms with Crippen LogP contribution in [0.1, 0.15) is 49.3 Å². The number of thiocarbonyl (C=S) groups is 1. The third kappa shape index (κ3) is 5.54. The van der Waals surface area contributed by atoms with Gasteiger partial charge >= 0.3 is 0 Å². The quantitative estimate of drug-likeness (QED) is 0.312. The van der Waals surface area contributed by atoms with Crippen molar-refractivity contribution in [2.45, 2.75) is 39.5 Å². The molecular weight excluding hydrogens is 470 g/mol. The molecule has 0 spiro atoms. The highest BCUT2D eigenvalue weighted by atomic mass is 32.2. The normalized spacial score (nSPS) is 18.3. The second kappa shape index (κ2) is 12.0. The summed E-state index contributed by atoms with van der Waals surface area (Å²) in [7, 11) is 1.67. The van der Waals surface area contributed by atoms with Crippen LogP contribution in [0, 0.1) is 18.3 Å². The zero-order valence-electron chi connectivity index (χ0n) is 20.2. The van der Waals surface area contributed by atoms with Gasteiger partial charge in [-0.05, 0) is 25.0 Å². The van der Waals surface area contributed by atoms with Gasteiger partial charge in [-0.2, -0.15) is 5.26 Å². The van der Waals surface area contributed by atoms with Gasteiger partial charge in [0.05, 0.1) is 11.5 Å². The number of aliphatic hydroxyl groups excluding tert-OH is 1. The van der Waals surface area contributed by atoms with E-state index < -0.39 is 0 Å². The lowest BCUT2D eigenvalue weighted by Gasteiger charge is -2.37. The zero-order valence-corrected chi connectivity index (χ0v) is 21.8. The summed E-state index contributed by atoms with van der Waals surface area (Å²) in [5.74, 6) is 0.593. The Morgan fingerprint density at radius 2 is 1.85 bits per heavy atom. The minimum atomic E-state index is -0.339. The first-order valence-electron chi connectivity index (χ1n) is 11.8. The molecule has 3 heterocycles. The largest absolute Gasteiger partial charge is 0.395 e. The summed E-state index contributed by atoms with van der Waals surface area (Å²) in [6.45, 7) is 8.13. The highest BCUT2D eigenvalue weighted by molar-refractivity contribution is 8.26. The topological polar surface area (TPSA) is 92.8 Å². The molecule has 3 rings (SSSR count). The molecule has 10 heteroatoms. The van der Waals surface area contributed by atoms with Crippen LogP contribution in [-0.4, -0.2) is 75.6 Å². The van der Waals surface area contributed by atoms with E-state index in [1.165, 1.54) is 16.3 Å². The number of β-amino-alcohol motifs (C(OH)–C–C–N with tert-alkyl or cyclic N) is 1. The summed E-state index contributed by atoms with van der Waals surface area (Å²) >= 11 is 6.78. The van der Waals surface area contributed by atoms with Crippen molar-refractivity contribution >= 4 is 46.1 Å². The van der Waals surface area contributed by atoms with Crippen molar-refractivity contribution < 1.29 is 9.90 Å². The predicted octanol–water partition coefficient (Wildman–Crippen LogP) is 2.46. The van der Waals surface area contributed by atoms with E-state index in [1.807, 2.05) is 6.07 Å². The van der Waals surface area contributed by atoms with Gasteiger partial charge in [-0.3, -0.25) is 24.0 Å². The molecule has 0 radical (unpaired) electrons. The Balaban J connectivity index is 1.97. The number of aliphatic hydroxyl groups is 1. The molecule has 1 amide bonds. The number of unbranched alkanes of at least 4 members (excludes halogenated alkanes) is 3. The Labute approximate surface area is 210 Å². The van der Waals surface area contributed by atoms with Crippen LogP contribution >= 0.6 is 24.0 Å². The van der Waals surface area contributed by atoms with Gasteiger partial charge in [0.2, 0.25) is 0 Å². The fraction of sp³-hybridized carbons (Fsp3) is 0.583. The van der Waals surface area contributed by atoms with E-state index in [1.54, 1.807) is 24.9 Å². The fourth-order valence-corrected chi connectivity index (χ4v) is 5.73. The minimum absolute atomic E-state index is 0.0893. The van der Waals surface area contributed by atoms with Crippen LogP contribution in [0.3, 0.4) is 0 Å². The maximum absolute atomic E-state index is 13.2. The van der Waals surface area contributed by atoms with Gasteiger partial charge in [-0.1, -0.05) is 50.2 Å². The summed E-state index contributed by atoms with van der Waals surface area (Å²) in [6.07, 6.45) is 6.03. The molecular formula is C24H33N5O3S2. The highest BCUT2D eigenvalue weighted by Gasteiger charge is 2.33. The van der Waals surface area contributed by atoms with Crippen LogP contribution in [0.2, 0.25) is 0 Å². The average Bonchev–Trinajstić information content (AvgIpc) is 3.09. The number of hydrogen-bond acceptors (Lipinski definition) is 8. The molecule has 0 unspecified atom stereocenters. The fourth-order valence-electron chi connectivity index (χ4n) is 4.44. The lowest BCUT2D eigenvalue weighted by molar-refractivity contribution is -0.122. The van der Waals surface area contributed by atoms with Crippen molar-refractivity contribution in [3.05, 3.63) is 31.9 Å². The average molecular weight is 504 g/mol. The number of pyridine rings is 1. The number of rotatable bonds is 9. The molecule has 2 fully saturated rings. The molecule has 2 aliphatic heterocycles. The lowest BCUT2D eigenvalue weighted by atomic mass is 10.0. The van der Waals surface area contributed by atoms with Crippen molar-refractivity contribution in [1.29, 1.82) is 5.26 Å². The molecule has 0 bridgehead atoms. The van der Waals surface area contributed by atoms with Crippen molar-refractivity contribution in [1.82, 2.24) is 14.4 Å². The number of nitrogens with zero attached hydrogens (tertiary/aromatic N) is 5. The third-order valence-corrected chi connectivity index (χ3v) is 7.82. The number of aromatic nitrogens is 1. The van der Waals surface area contributed by atoms with Crippen LogP contribution < -0.4 is 10.5 Å². The molecule has 2 aliphatic rings. The summed E-state index contributed by atoms with van der Waals surface area (Å²) in [5, 5.41) is 18.9. The number of carbonyl (C=O) groups excluding carboxylic acids is 1. The van der Waals surface area contributed by atoms with Crippen LogP contribution in [0.25, 0.3) is 6.08 Å². The zero-order chi connectivity index (χ0) is 24.8. The third-order valence-electron chi connectivity index (χ3n) is 6.44.